The van der Waals surface area contributed by atoms with Crippen LogP contribution in [0.1, 0.15) is 51.3 Å². The number of H-pyrrole nitrogens is 1. The van der Waals surface area contributed by atoms with Crippen LogP contribution in [0.15, 0.2) is 0 Å². The Morgan fingerprint density at radius 1 is 1.16 bits per heavy atom. The summed E-state index contributed by atoms with van der Waals surface area (Å²) in [5.41, 5.74) is 0. The number of anilines is 1. The monoisotopic (exact) mass is 263 g/mol. The van der Waals surface area contributed by atoms with Crippen LogP contribution in [-0.4, -0.2) is 40.9 Å². The third kappa shape index (κ3) is 2.91. The van der Waals surface area contributed by atoms with Gasteiger partial charge in [-0.25, -0.2) is 0 Å². The summed E-state index contributed by atoms with van der Waals surface area (Å²) in [7, 11) is 0. The maximum absolute atomic E-state index is 4.75. The molecular formula is C14H25N5. The Morgan fingerprint density at radius 3 is 2.68 bits per heavy atom. The molecule has 5 heteroatoms. The first-order valence-electron chi connectivity index (χ1n) is 7.63. The lowest BCUT2D eigenvalue weighted by atomic mass is 9.83. The maximum Gasteiger partial charge on any atom is 0.244 e. The van der Waals surface area contributed by atoms with Crippen molar-refractivity contribution in [3.05, 3.63) is 5.82 Å². The van der Waals surface area contributed by atoms with Crippen LogP contribution in [0.25, 0.3) is 0 Å². The molecule has 1 saturated carbocycles. The van der Waals surface area contributed by atoms with Crippen molar-refractivity contribution in [2.75, 3.05) is 24.5 Å². The molecule has 1 aromatic heterocycles. The first kappa shape index (κ1) is 12.9. The lowest BCUT2D eigenvalue weighted by Gasteiger charge is -2.30. The van der Waals surface area contributed by atoms with Crippen LogP contribution in [0.5, 0.6) is 0 Å². The predicted octanol–water partition coefficient (Wildman–Crippen LogP) is 1.90. The van der Waals surface area contributed by atoms with Gasteiger partial charge in [-0.2, -0.15) is 4.98 Å². The summed E-state index contributed by atoms with van der Waals surface area (Å²) in [6.07, 6.45) is 5.16. The molecule has 2 aliphatic rings. The lowest BCUT2D eigenvalue weighted by Crippen LogP contribution is -2.49. The van der Waals surface area contributed by atoms with E-state index in [2.05, 4.69) is 34.3 Å². The van der Waals surface area contributed by atoms with Crippen LogP contribution in [0.3, 0.4) is 0 Å². The van der Waals surface area contributed by atoms with E-state index in [4.69, 9.17) is 4.98 Å². The van der Waals surface area contributed by atoms with Crippen LogP contribution < -0.4 is 10.2 Å². The molecule has 0 unspecified atom stereocenters. The molecule has 2 heterocycles. The number of aromatic nitrogens is 3. The third-order valence-corrected chi connectivity index (χ3v) is 4.55. The van der Waals surface area contributed by atoms with Crippen LogP contribution >= 0.6 is 0 Å². The molecule has 1 aliphatic heterocycles. The van der Waals surface area contributed by atoms with E-state index in [9.17, 15) is 0 Å². The second-order valence-corrected chi connectivity index (χ2v) is 6.28. The topological polar surface area (TPSA) is 56.8 Å². The number of rotatable bonds is 2. The quantitative estimate of drug-likeness (QED) is 0.855. The smallest absolute Gasteiger partial charge is 0.244 e. The van der Waals surface area contributed by atoms with E-state index in [0.29, 0.717) is 12.0 Å². The van der Waals surface area contributed by atoms with Gasteiger partial charge in [-0.05, 0) is 25.7 Å². The minimum Gasteiger partial charge on any atom is -0.337 e. The van der Waals surface area contributed by atoms with Gasteiger partial charge in [-0.3, -0.25) is 5.10 Å². The molecule has 0 spiro atoms. The molecule has 106 valence electrons. The Balaban J connectivity index is 1.65. The Hall–Kier alpha value is -1.10. The van der Waals surface area contributed by atoms with Crippen molar-refractivity contribution < 1.29 is 0 Å². The number of hydrogen-bond donors (Lipinski definition) is 2. The first-order valence-corrected chi connectivity index (χ1v) is 7.63. The van der Waals surface area contributed by atoms with Gasteiger partial charge < -0.3 is 10.2 Å². The van der Waals surface area contributed by atoms with Gasteiger partial charge in [0.2, 0.25) is 5.95 Å². The molecule has 2 N–H and O–H groups in total. The van der Waals surface area contributed by atoms with Gasteiger partial charge in [0.1, 0.15) is 5.82 Å². The van der Waals surface area contributed by atoms with Crippen molar-refractivity contribution in [1.29, 1.82) is 0 Å². The standard InChI is InChI=1S/C14H25N5/c1-10-3-5-12(6-4-10)13-16-14(18-17-13)19-8-7-15-11(2)9-19/h10-12,15H,3-9H2,1-2H3,(H,16,17,18)/t10?,11-,12?/m1/s1. The Kier molecular flexibility index (Phi) is 3.73. The van der Waals surface area contributed by atoms with E-state index in [0.717, 1.165) is 37.3 Å². The summed E-state index contributed by atoms with van der Waals surface area (Å²) in [4.78, 5) is 7.03. The van der Waals surface area contributed by atoms with Crippen molar-refractivity contribution in [3.63, 3.8) is 0 Å². The van der Waals surface area contributed by atoms with Gasteiger partial charge >= 0.3 is 0 Å². The number of hydrogen-bond acceptors (Lipinski definition) is 4. The molecule has 0 aromatic carbocycles. The van der Waals surface area contributed by atoms with Crippen LogP contribution in [0, 0.1) is 5.92 Å². The van der Waals surface area contributed by atoms with Crippen molar-refractivity contribution in [3.8, 4) is 0 Å². The Morgan fingerprint density at radius 2 is 1.95 bits per heavy atom. The molecule has 19 heavy (non-hydrogen) atoms. The fraction of sp³-hybridized carbons (Fsp3) is 0.857. The van der Waals surface area contributed by atoms with Gasteiger partial charge in [0, 0.05) is 31.6 Å². The van der Waals surface area contributed by atoms with Crippen LogP contribution in [0.2, 0.25) is 0 Å². The predicted molar refractivity (Wildman–Crippen MR) is 76.4 cm³/mol. The molecule has 1 atom stereocenters. The highest BCUT2D eigenvalue weighted by Gasteiger charge is 2.24. The highest BCUT2D eigenvalue weighted by Crippen LogP contribution is 2.34. The van der Waals surface area contributed by atoms with E-state index in [1.165, 1.54) is 25.7 Å². The van der Waals surface area contributed by atoms with E-state index in [-0.39, 0.29) is 0 Å². The zero-order valence-electron chi connectivity index (χ0n) is 12.0. The van der Waals surface area contributed by atoms with E-state index in [1.54, 1.807) is 0 Å². The van der Waals surface area contributed by atoms with E-state index >= 15 is 0 Å². The van der Waals surface area contributed by atoms with Crippen molar-refractivity contribution >= 4 is 5.95 Å². The molecule has 5 nitrogen and oxygen atoms in total. The van der Waals surface area contributed by atoms with Gasteiger partial charge in [-0.15, -0.1) is 5.10 Å². The summed E-state index contributed by atoms with van der Waals surface area (Å²) < 4.78 is 0. The number of nitrogens with zero attached hydrogens (tertiary/aromatic N) is 3. The minimum atomic E-state index is 0.520. The van der Waals surface area contributed by atoms with Gasteiger partial charge in [0.15, 0.2) is 0 Å². The second-order valence-electron chi connectivity index (χ2n) is 6.28. The largest absolute Gasteiger partial charge is 0.337 e. The van der Waals surface area contributed by atoms with E-state index in [1.807, 2.05) is 0 Å². The Labute approximate surface area is 115 Å². The summed E-state index contributed by atoms with van der Waals surface area (Å²) in [5.74, 6) is 3.47. The molecular weight excluding hydrogens is 238 g/mol. The van der Waals surface area contributed by atoms with Gasteiger partial charge in [0.25, 0.3) is 0 Å². The molecule has 1 aliphatic carbocycles. The fourth-order valence-corrected chi connectivity index (χ4v) is 3.24. The van der Waals surface area contributed by atoms with Crippen LogP contribution in [0.4, 0.5) is 5.95 Å². The van der Waals surface area contributed by atoms with Crippen molar-refractivity contribution in [2.24, 2.45) is 5.92 Å². The molecule has 3 rings (SSSR count). The third-order valence-electron chi connectivity index (χ3n) is 4.55. The highest BCUT2D eigenvalue weighted by atomic mass is 15.4. The highest BCUT2D eigenvalue weighted by molar-refractivity contribution is 5.30. The summed E-state index contributed by atoms with van der Waals surface area (Å²) in [6.45, 7) is 7.58. The van der Waals surface area contributed by atoms with E-state index < -0.39 is 0 Å². The summed E-state index contributed by atoms with van der Waals surface area (Å²) in [6, 6.07) is 0.520. The molecule has 2 fully saturated rings. The first-order chi connectivity index (χ1) is 9.22. The maximum atomic E-state index is 4.75. The zero-order chi connectivity index (χ0) is 13.2. The SMILES string of the molecule is CC1CCC(c2nc(N3CCN[C@H](C)C3)n[nH]2)CC1. The average molecular weight is 263 g/mol. The summed E-state index contributed by atoms with van der Waals surface area (Å²) in [5, 5.41) is 11.1. The van der Waals surface area contributed by atoms with Crippen molar-refractivity contribution in [2.45, 2.75) is 51.5 Å². The van der Waals surface area contributed by atoms with Crippen molar-refractivity contribution in [1.82, 2.24) is 20.5 Å². The van der Waals surface area contributed by atoms with Gasteiger partial charge in [-0.1, -0.05) is 19.8 Å². The molecule has 0 bridgehead atoms. The fourth-order valence-electron chi connectivity index (χ4n) is 3.24. The Bertz CT molecular complexity index is 408. The molecule has 1 saturated heterocycles. The average Bonchev–Trinajstić information content (AvgIpc) is 2.89. The van der Waals surface area contributed by atoms with Gasteiger partial charge in [0.05, 0.1) is 0 Å². The number of aromatic amines is 1. The molecule has 1 aromatic rings. The normalized spacial score (nSPS) is 32.5. The zero-order valence-corrected chi connectivity index (χ0v) is 12.0. The number of piperazine rings is 1. The number of nitrogens with one attached hydrogen (secondary N) is 2. The lowest BCUT2D eigenvalue weighted by molar-refractivity contribution is 0.340. The minimum absolute atomic E-state index is 0.520. The second kappa shape index (κ2) is 5.49. The molecule has 0 amide bonds. The molecule has 0 radical (unpaired) electrons. The summed E-state index contributed by atoms with van der Waals surface area (Å²) >= 11 is 0. The van der Waals surface area contributed by atoms with Crippen LogP contribution in [-0.2, 0) is 0 Å².